The summed E-state index contributed by atoms with van der Waals surface area (Å²) in [4.78, 5) is 11.8. The van der Waals surface area contributed by atoms with Crippen molar-refractivity contribution in [3.05, 3.63) is 65.7 Å². The molecule has 3 nitrogen and oxygen atoms in total. The highest BCUT2D eigenvalue weighted by Gasteiger charge is 2.14. The van der Waals surface area contributed by atoms with Crippen molar-refractivity contribution >= 4 is 5.91 Å². The number of carbonyl (C=O) groups is 1. The Hall–Kier alpha value is -2.73. The van der Waals surface area contributed by atoms with E-state index in [9.17, 15) is 4.79 Å². The third-order valence-corrected chi connectivity index (χ3v) is 3.32. The van der Waals surface area contributed by atoms with E-state index >= 15 is 0 Å². The summed E-state index contributed by atoms with van der Waals surface area (Å²) in [5.74, 6) is 5.70. The van der Waals surface area contributed by atoms with Gasteiger partial charge in [-0.1, -0.05) is 48.4 Å². The highest BCUT2D eigenvalue weighted by Crippen LogP contribution is 2.21. The maximum absolute atomic E-state index is 11.8. The van der Waals surface area contributed by atoms with Crippen LogP contribution in [0.25, 0.3) is 0 Å². The van der Waals surface area contributed by atoms with E-state index in [1.54, 1.807) is 14.0 Å². The smallest absolute Gasteiger partial charge is 0.296 e. The van der Waals surface area contributed by atoms with E-state index in [0.29, 0.717) is 6.42 Å². The molecule has 112 valence electrons. The van der Waals surface area contributed by atoms with E-state index in [1.165, 1.54) is 0 Å². The Kier molecular flexibility index (Phi) is 5.62. The monoisotopic (exact) mass is 293 g/mol. The maximum Gasteiger partial charge on any atom is 0.296 e. The van der Waals surface area contributed by atoms with Gasteiger partial charge in [0.1, 0.15) is 5.75 Å². The predicted molar refractivity (Wildman–Crippen MR) is 87.5 cm³/mol. The van der Waals surface area contributed by atoms with Crippen molar-refractivity contribution in [2.45, 2.75) is 19.4 Å². The van der Waals surface area contributed by atoms with Crippen LogP contribution in [-0.2, 0) is 11.2 Å². The zero-order valence-electron chi connectivity index (χ0n) is 12.8. The SMILES string of the molecule is CC#CC(=O)N[C@H](Cc1cccc(OC)c1)c1ccccc1. The summed E-state index contributed by atoms with van der Waals surface area (Å²) in [5, 5.41) is 2.97. The molecule has 0 radical (unpaired) electrons. The molecule has 0 aliphatic rings. The highest BCUT2D eigenvalue weighted by atomic mass is 16.5. The molecular formula is C19H19NO2. The van der Waals surface area contributed by atoms with E-state index in [-0.39, 0.29) is 11.9 Å². The van der Waals surface area contributed by atoms with Crippen molar-refractivity contribution in [3.63, 3.8) is 0 Å². The summed E-state index contributed by atoms with van der Waals surface area (Å²) < 4.78 is 5.25. The third kappa shape index (κ3) is 4.39. The number of methoxy groups -OCH3 is 1. The molecule has 0 heterocycles. The van der Waals surface area contributed by atoms with Crippen molar-refractivity contribution in [3.8, 4) is 17.6 Å². The standard InChI is InChI=1S/C19H19NO2/c1-3-8-19(21)20-18(16-10-5-4-6-11-16)14-15-9-7-12-17(13-15)22-2/h4-7,9-13,18H,14H2,1-2H3,(H,20,21)/t18-/m1/s1. The Bertz CT molecular complexity index is 683. The van der Waals surface area contributed by atoms with Crippen LogP contribution in [0.4, 0.5) is 0 Å². The van der Waals surface area contributed by atoms with E-state index in [1.807, 2.05) is 54.6 Å². The Morgan fingerprint density at radius 1 is 1.18 bits per heavy atom. The van der Waals surface area contributed by atoms with Gasteiger partial charge >= 0.3 is 0 Å². The molecule has 0 saturated carbocycles. The summed E-state index contributed by atoms with van der Waals surface area (Å²) in [5.41, 5.74) is 2.15. The lowest BCUT2D eigenvalue weighted by molar-refractivity contribution is -0.116. The van der Waals surface area contributed by atoms with E-state index in [0.717, 1.165) is 16.9 Å². The largest absolute Gasteiger partial charge is 0.497 e. The van der Waals surface area contributed by atoms with Gasteiger partial charge in [0.05, 0.1) is 13.2 Å². The molecule has 2 aromatic carbocycles. The van der Waals surface area contributed by atoms with Crippen LogP contribution in [0.1, 0.15) is 24.1 Å². The topological polar surface area (TPSA) is 38.3 Å². The lowest BCUT2D eigenvalue weighted by atomic mass is 9.98. The molecule has 2 rings (SSSR count). The van der Waals surface area contributed by atoms with Crippen molar-refractivity contribution in [2.75, 3.05) is 7.11 Å². The normalized spacial score (nSPS) is 11.0. The van der Waals surface area contributed by atoms with Crippen LogP contribution in [0.2, 0.25) is 0 Å². The third-order valence-electron chi connectivity index (χ3n) is 3.32. The summed E-state index contributed by atoms with van der Waals surface area (Å²) >= 11 is 0. The lowest BCUT2D eigenvalue weighted by Gasteiger charge is -2.18. The van der Waals surface area contributed by atoms with Crippen molar-refractivity contribution in [2.24, 2.45) is 0 Å². The molecule has 3 heteroatoms. The molecule has 0 aliphatic carbocycles. The first-order valence-corrected chi connectivity index (χ1v) is 7.14. The first-order valence-electron chi connectivity index (χ1n) is 7.14. The average Bonchev–Trinajstić information content (AvgIpc) is 2.55. The second kappa shape index (κ2) is 7.90. The minimum atomic E-state index is -0.265. The molecule has 0 aromatic heterocycles. The number of rotatable bonds is 5. The quantitative estimate of drug-likeness (QED) is 0.860. The maximum atomic E-state index is 11.8. The Morgan fingerprint density at radius 3 is 2.64 bits per heavy atom. The first-order chi connectivity index (χ1) is 10.7. The molecule has 0 bridgehead atoms. The Labute approximate surface area is 131 Å². The second-order valence-electron chi connectivity index (χ2n) is 4.87. The molecule has 0 saturated heterocycles. The molecule has 0 unspecified atom stereocenters. The molecule has 22 heavy (non-hydrogen) atoms. The summed E-state index contributed by atoms with van der Waals surface area (Å²) in [6.07, 6.45) is 0.679. The molecule has 0 aliphatic heterocycles. The van der Waals surface area contributed by atoms with Crippen LogP contribution in [0.15, 0.2) is 54.6 Å². The number of amides is 1. The van der Waals surface area contributed by atoms with Crippen molar-refractivity contribution in [1.82, 2.24) is 5.32 Å². The molecular weight excluding hydrogens is 274 g/mol. The van der Waals surface area contributed by atoms with Gasteiger partial charge in [0.25, 0.3) is 5.91 Å². The van der Waals surface area contributed by atoms with Gasteiger partial charge in [0.15, 0.2) is 0 Å². The zero-order chi connectivity index (χ0) is 15.8. The number of hydrogen-bond donors (Lipinski definition) is 1. The fourth-order valence-corrected chi connectivity index (χ4v) is 2.28. The van der Waals surface area contributed by atoms with Gasteiger partial charge in [-0.15, -0.1) is 0 Å². The lowest BCUT2D eigenvalue weighted by Crippen LogP contribution is -2.28. The van der Waals surface area contributed by atoms with Crippen molar-refractivity contribution < 1.29 is 9.53 Å². The molecule has 1 amide bonds. The summed E-state index contributed by atoms with van der Waals surface area (Å²) in [6.45, 7) is 1.65. The number of ether oxygens (including phenoxy) is 1. The second-order valence-corrected chi connectivity index (χ2v) is 4.87. The molecule has 0 spiro atoms. The molecule has 0 fully saturated rings. The number of carbonyl (C=O) groups excluding carboxylic acids is 1. The van der Waals surface area contributed by atoms with Gasteiger partial charge in [0.2, 0.25) is 0 Å². The van der Waals surface area contributed by atoms with Gasteiger partial charge in [-0.05, 0) is 42.5 Å². The molecule has 1 atom stereocenters. The minimum absolute atomic E-state index is 0.123. The summed E-state index contributed by atoms with van der Waals surface area (Å²) in [7, 11) is 1.65. The average molecular weight is 293 g/mol. The van der Waals surface area contributed by atoms with Crippen LogP contribution in [-0.4, -0.2) is 13.0 Å². The van der Waals surface area contributed by atoms with Crippen LogP contribution < -0.4 is 10.1 Å². The van der Waals surface area contributed by atoms with Gasteiger partial charge < -0.3 is 10.1 Å². The zero-order valence-corrected chi connectivity index (χ0v) is 12.8. The van der Waals surface area contributed by atoms with Gasteiger partial charge in [-0.3, -0.25) is 4.79 Å². The van der Waals surface area contributed by atoms with Gasteiger partial charge in [-0.25, -0.2) is 0 Å². The van der Waals surface area contributed by atoms with Gasteiger partial charge in [-0.2, -0.15) is 0 Å². The highest BCUT2D eigenvalue weighted by molar-refractivity contribution is 5.93. The van der Waals surface area contributed by atoms with Crippen LogP contribution >= 0.6 is 0 Å². The van der Waals surface area contributed by atoms with E-state index < -0.39 is 0 Å². The van der Waals surface area contributed by atoms with Crippen molar-refractivity contribution in [1.29, 1.82) is 0 Å². The molecule has 2 aromatic rings. The van der Waals surface area contributed by atoms with Crippen LogP contribution in [0, 0.1) is 11.8 Å². The Morgan fingerprint density at radius 2 is 1.95 bits per heavy atom. The molecule has 1 N–H and O–H groups in total. The fourth-order valence-electron chi connectivity index (χ4n) is 2.28. The predicted octanol–water partition coefficient (Wildman–Crippen LogP) is 3.12. The van der Waals surface area contributed by atoms with Gasteiger partial charge in [0, 0.05) is 0 Å². The van der Waals surface area contributed by atoms with Crippen LogP contribution in [0.5, 0.6) is 5.75 Å². The number of nitrogens with one attached hydrogen (secondary N) is 1. The van der Waals surface area contributed by atoms with Crippen LogP contribution in [0.3, 0.4) is 0 Å². The number of benzene rings is 2. The summed E-state index contributed by atoms with van der Waals surface area (Å²) in [6, 6.07) is 17.6. The fraction of sp³-hybridized carbons (Fsp3) is 0.211. The van der Waals surface area contributed by atoms with E-state index in [4.69, 9.17) is 4.74 Å². The Balaban J connectivity index is 2.23. The first kappa shape index (κ1) is 15.7. The van der Waals surface area contributed by atoms with E-state index in [2.05, 4.69) is 17.2 Å². The number of hydrogen-bond acceptors (Lipinski definition) is 2. The minimum Gasteiger partial charge on any atom is -0.497 e.